The summed E-state index contributed by atoms with van der Waals surface area (Å²) in [5.74, 6) is 0. The van der Waals surface area contributed by atoms with E-state index in [0.717, 1.165) is 10.2 Å². The summed E-state index contributed by atoms with van der Waals surface area (Å²) < 4.78 is 0. The molecule has 0 bridgehead atoms. The topological polar surface area (TPSA) is 0 Å². The van der Waals surface area contributed by atoms with Crippen LogP contribution in [0, 0.1) is 0 Å². The molecule has 0 aliphatic carbocycles. The van der Waals surface area contributed by atoms with Gasteiger partial charge in [0.25, 0.3) is 0 Å². The molecule has 0 aliphatic rings. The van der Waals surface area contributed by atoms with Crippen LogP contribution in [0.25, 0.3) is 0 Å². The Kier molecular flexibility index (Phi) is 3.81. The van der Waals surface area contributed by atoms with Gasteiger partial charge in [-0.25, -0.2) is 0 Å². The third kappa shape index (κ3) is 2.44. The molecule has 0 fully saturated rings. The maximum Gasteiger partial charge on any atom is 0.0298 e. The van der Waals surface area contributed by atoms with E-state index in [9.17, 15) is 0 Å². The van der Waals surface area contributed by atoms with Crippen LogP contribution in [0.2, 0.25) is 0 Å². The van der Waals surface area contributed by atoms with E-state index in [4.69, 9.17) is 0 Å². The first-order valence-electron chi connectivity index (χ1n) is 1.13. The zero-order chi connectivity index (χ0) is 3.41. The lowest BCUT2D eigenvalue weighted by atomic mass is 11.3. The fourth-order valence-corrected chi connectivity index (χ4v) is 0. The van der Waals surface area contributed by atoms with Crippen molar-refractivity contribution in [1.29, 1.82) is 0 Å². The normalized spacial score (nSPS) is 10.2. The summed E-state index contributed by atoms with van der Waals surface area (Å²) in [5.41, 5.74) is 2.06. The third-order valence-electron chi connectivity index (χ3n) is 0.126. The first kappa shape index (κ1) is 4.44. The van der Waals surface area contributed by atoms with E-state index < -0.39 is 0 Å². The van der Waals surface area contributed by atoms with Crippen LogP contribution < -0.4 is 0 Å². The van der Waals surface area contributed by atoms with Gasteiger partial charge in [0.2, 0.25) is 0 Å². The quantitative estimate of drug-likeness (QED) is 0.419. The summed E-state index contributed by atoms with van der Waals surface area (Å²) in [4.78, 5) is 1.87. The molecule has 24 valence electrons. The first-order valence-corrected chi connectivity index (χ1v) is 3.20. The maximum absolute atomic E-state index is 3.10. The van der Waals surface area contributed by atoms with Gasteiger partial charge in [-0.1, -0.05) is 21.6 Å². The number of hydrogen-bond acceptors (Lipinski definition) is 0. The molecule has 0 N–H and O–H groups in total. The van der Waals surface area contributed by atoms with E-state index in [2.05, 4.69) is 21.6 Å². The lowest BCUT2D eigenvalue weighted by Gasteiger charge is -1.46. The molecule has 0 saturated carbocycles. The molecule has 0 radical (unpaired) electrons. The average molecular weight is 137 g/mol. The minimum atomic E-state index is 1.16. The van der Waals surface area contributed by atoms with Crippen molar-refractivity contribution in [3.63, 3.8) is 0 Å². The molecule has 0 rings (SSSR count). The Morgan fingerprint density at radius 3 is 2.00 bits per heavy atom. The number of halogens is 1. The maximum atomic E-state index is 3.10. The van der Waals surface area contributed by atoms with Gasteiger partial charge in [0.15, 0.2) is 0 Å². The highest BCUT2D eigenvalue weighted by atomic mass is 79.9. The fourth-order valence-electron chi connectivity index (χ4n) is 0. The van der Waals surface area contributed by atoms with Gasteiger partial charge < -0.3 is 0 Å². The van der Waals surface area contributed by atoms with Gasteiger partial charge in [-0.15, -0.1) is 0 Å². The Labute approximate surface area is 37.5 Å². The molecule has 0 amide bonds. The van der Waals surface area contributed by atoms with Crippen LogP contribution in [-0.2, 0) is 0 Å². The molecule has 0 spiro atoms. The van der Waals surface area contributed by atoms with E-state index in [1.165, 1.54) is 0 Å². The molecule has 0 nitrogen and oxygen atoms in total. The second-order valence-corrected chi connectivity index (χ2v) is 1.65. The van der Waals surface area contributed by atoms with Crippen molar-refractivity contribution in [3.05, 3.63) is 10.7 Å². The molecule has 2 heteroatoms. The molecule has 4 heavy (non-hydrogen) atoms. The summed E-state index contributed by atoms with van der Waals surface area (Å²) in [6, 6.07) is 0. The highest BCUT2D eigenvalue weighted by Crippen LogP contribution is 1.73. The van der Waals surface area contributed by atoms with Crippen molar-refractivity contribution >= 4 is 26.2 Å². The standard InChI is InChI=1S/C2H5BrSi/c3-1-2-4/h1-2H,4H3. The molecule has 0 atom stereocenters. The van der Waals surface area contributed by atoms with Crippen molar-refractivity contribution < 1.29 is 0 Å². The van der Waals surface area contributed by atoms with Gasteiger partial charge in [-0.05, 0) is 4.99 Å². The van der Waals surface area contributed by atoms with E-state index in [1.54, 1.807) is 0 Å². The van der Waals surface area contributed by atoms with Gasteiger partial charge >= 0.3 is 0 Å². The molecule has 0 aliphatic heterocycles. The minimum Gasteiger partial charge on any atom is -0.0986 e. The predicted molar refractivity (Wildman–Crippen MR) is 28.0 cm³/mol. The van der Waals surface area contributed by atoms with Gasteiger partial charge in [0.1, 0.15) is 0 Å². The van der Waals surface area contributed by atoms with Gasteiger partial charge in [-0.2, -0.15) is 0 Å². The van der Waals surface area contributed by atoms with E-state index in [1.807, 2.05) is 4.99 Å². The van der Waals surface area contributed by atoms with Crippen LogP contribution in [0.4, 0.5) is 0 Å². The molecule has 0 aromatic heterocycles. The van der Waals surface area contributed by atoms with E-state index >= 15 is 0 Å². The Morgan fingerprint density at radius 1 is 1.75 bits per heavy atom. The predicted octanol–water partition coefficient (Wildman–Crippen LogP) is 0.218. The number of rotatable bonds is 0. The van der Waals surface area contributed by atoms with Crippen LogP contribution in [0.5, 0.6) is 0 Å². The monoisotopic (exact) mass is 136 g/mol. The van der Waals surface area contributed by atoms with Crippen molar-refractivity contribution in [3.8, 4) is 0 Å². The van der Waals surface area contributed by atoms with E-state index in [0.29, 0.717) is 0 Å². The molecule has 0 aromatic carbocycles. The molecule has 0 aromatic rings. The van der Waals surface area contributed by atoms with Gasteiger partial charge in [0.05, 0.1) is 0 Å². The summed E-state index contributed by atoms with van der Waals surface area (Å²) in [6.07, 6.45) is 0. The third-order valence-corrected chi connectivity index (χ3v) is 1.96. The highest BCUT2D eigenvalue weighted by Gasteiger charge is 1.37. The number of hydrogen-bond donors (Lipinski definition) is 0. The Hall–Kier alpha value is 0.437. The van der Waals surface area contributed by atoms with Crippen LogP contribution in [0.1, 0.15) is 0 Å². The molecule has 0 saturated heterocycles. The summed E-state index contributed by atoms with van der Waals surface area (Å²) in [6.45, 7) is 0. The fraction of sp³-hybridized carbons (Fsp3) is 0. The summed E-state index contributed by atoms with van der Waals surface area (Å²) >= 11 is 3.10. The largest absolute Gasteiger partial charge is 0.0986 e. The molecule has 0 heterocycles. The van der Waals surface area contributed by atoms with Crippen molar-refractivity contribution in [1.82, 2.24) is 0 Å². The molecule has 0 unspecified atom stereocenters. The minimum absolute atomic E-state index is 1.16. The van der Waals surface area contributed by atoms with Crippen molar-refractivity contribution in [2.75, 3.05) is 0 Å². The van der Waals surface area contributed by atoms with Gasteiger partial charge in [0, 0.05) is 10.2 Å². The second-order valence-electron chi connectivity index (χ2n) is 0.459. The summed E-state index contributed by atoms with van der Waals surface area (Å²) in [5, 5.41) is 0. The van der Waals surface area contributed by atoms with Crippen molar-refractivity contribution in [2.45, 2.75) is 0 Å². The first-order chi connectivity index (χ1) is 1.91. The zero-order valence-electron chi connectivity index (χ0n) is 2.53. The van der Waals surface area contributed by atoms with Crippen LogP contribution in [0.3, 0.4) is 0 Å². The lowest BCUT2D eigenvalue weighted by Crippen LogP contribution is -1.35. The summed E-state index contributed by atoms with van der Waals surface area (Å²) in [7, 11) is 1.16. The smallest absolute Gasteiger partial charge is 0.0298 e. The second kappa shape index (κ2) is 3.44. The zero-order valence-corrected chi connectivity index (χ0v) is 6.12. The van der Waals surface area contributed by atoms with Crippen LogP contribution >= 0.6 is 15.9 Å². The van der Waals surface area contributed by atoms with Gasteiger partial charge in [-0.3, -0.25) is 0 Å². The molecular weight excluding hydrogens is 132 g/mol. The Morgan fingerprint density at radius 2 is 2.00 bits per heavy atom. The Balaban J connectivity index is 2.55. The average Bonchev–Trinajstić information content (AvgIpc) is 1.37. The Bertz CT molecular complexity index is 21.2. The highest BCUT2D eigenvalue weighted by molar-refractivity contribution is 9.11. The van der Waals surface area contributed by atoms with Crippen molar-refractivity contribution in [2.24, 2.45) is 0 Å². The SMILES string of the molecule is [SiH3]C=CBr. The van der Waals surface area contributed by atoms with E-state index in [-0.39, 0.29) is 0 Å². The van der Waals surface area contributed by atoms with Crippen LogP contribution in [0.15, 0.2) is 10.7 Å². The van der Waals surface area contributed by atoms with Crippen LogP contribution in [-0.4, -0.2) is 10.2 Å². The molecular formula is C2H5BrSi. The lowest BCUT2D eigenvalue weighted by molar-refractivity contribution is 2.57.